The fourth-order valence-electron chi connectivity index (χ4n) is 1.78. The highest BCUT2D eigenvalue weighted by molar-refractivity contribution is 7.91. The standard InChI is InChI=1S/C14H25N3O3S2/c1-11(2)10-13(18)16-9-6-12-4-5-14(21-12)22(19,20)17-8-3-7-15/h4-5,11,17H,3,6-10,15H2,1-2H3,(H,16,18). The molecular formula is C14H25N3O3S2. The number of sulfonamides is 1. The third-order valence-corrected chi connectivity index (χ3v) is 5.96. The summed E-state index contributed by atoms with van der Waals surface area (Å²) in [6, 6.07) is 3.39. The Morgan fingerprint density at radius 1 is 1.32 bits per heavy atom. The molecule has 0 aliphatic rings. The Balaban J connectivity index is 2.45. The van der Waals surface area contributed by atoms with Crippen LogP contribution >= 0.6 is 11.3 Å². The van der Waals surface area contributed by atoms with Gasteiger partial charge in [0.15, 0.2) is 0 Å². The molecule has 1 rings (SSSR count). The predicted octanol–water partition coefficient (Wildman–Crippen LogP) is 1.08. The maximum Gasteiger partial charge on any atom is 0.250 e. The van der Waals surface area contributed by atoms with E-state index in [4.69, 9.17) is 5.73 Å². The van der Waals surface area contributed by atoms with Crippen molar-refractivity contribution in [3.05, 3.63) is 17.0 Å². The van der Waals surface area contributed by atoms with E-state index in [-0.39, 0.29) is 5.91 Å². The lowest BCUT2D eigenvalue weighted by Gasteiger charge is -2.06. The maximum atomic E-state index is 12.0. The molecule has 6 nitrogen and oxygen atoms in total. The normalized spacial score (nSPS) is 11.8. The molecule has 0 saturated heterocycles. The average molecular weight is 348 g/mol. The summed E-state index contributed by atoms with van der Waals surface area (Å²) in [4.78, 5) is 12.5. The SMILES string of the molecule is CC(C)CC(=O)NCCc1ccc(S(=O)(=O)NCCCN)s1. The van der Waals surface area contributed by atoms with Gasteiger partial charge in [0, 0.05) is 24.4 Å². The minimum atomic E-state index is -3.44. The van der Waals surface area contributed by atoms with Crippen LogP contribution in [0.2, 0.25) is 0 Å². The summed E-state index contributed by atoms with van der Waals surface area (Å²) in [5.41, 5.74) is 5.34. The van der Waals surface area contributed by atoms with Crippen LogP contribution in [0, 0.1) is 5.92 Å². The van der Waals surface area contributed by atoms with E-state index in [2.05, 4.69) is 10.0 Å². The van der Waals surface area contributed by atoms with Gasteiger partial charge in [0.2, 0.25) is 15.9 Å². The van der Waals surface area contributed by atoms with Crippen LogP contribution in [0.25, 0.3) is 0 Å². The molecule has 0 bridgehead atoms. The van der Waals surface area contributed by atoms with Crippen LogP contribution in [0.3, 0.4) is 0 Å². The van der Waals surface area contributed by atoms with E-state index < -0.39 is 10.0 Å². The molecule has 0 aliphatic heterocycles. The summed E-state index contributed by atoms with van der Waals surface area (Å²) in [5.74, 6) is 0.362. The Kier molecular flexibility index (Phi) is 8.02. The van der Waals surface area contributed by atoms with Gasteiger partial charge in [-0.1, -0.05) is 13.8 Å². The first-order valence-electron chi connectivity index (χ1n) is 7.40. The van der Waals surface area contributed by atoms with Gasteiger partial charge in [-0.3, -0.25) is 4.79 Å². The van der Waals surface area contributed by atoms with Crippen LogP contribution in [0.5, 0.6) is 0 Å². The second kappa shape index (κ2) is 9.24. The van der Waals surface area contributed by atoms with Crippen LogP contribution in [-0.2, 0) is 21.2 Å². The quantitative estimate of drug-likeness (QED) is 0.551. The largest absolute Gasteiger partial charge is 0.356 e. The molecular weight excluding hydrogens is 322 g/mol. The van der Waals surface area contributed by atoms with Crippen molar-refractivity contribution in [3.8, 4) is 0 Å². The number of carbonyl (C=O) groups is 1. The molecule has 4 N–H and O–H groups in total. The molecule has 0 aromatic carbocycles. The second-order valence-electron chi connectivity index (χ2n) is 5.46. The van der Waals surface area contributed by atoms with Crippen molar-refractivity contribution < 1.29 is 13.2 Å². The van der Waals surface area contributed by atoms with Crippen LogP contribution in [-0.4, -0.2) is 34.0 Å². The van der Waals surface area contributed by atoms with Crippen molar-refractivity contribution in [2.24, 2.45) is 11.7 Å². The predicted molar refractivity (Wildman–Crippen MR) is 89.3 cm³/mol. The van der Waals surface area contributed by atoms with Gasteiger partial charge in [0.1, 0.15) is 4.21 Å². The zero-order chi connectivity index (χ0) is 16.6. The van der Waals surface area contributed by atoms with Crippen molar-refractivity contribution in [2.75, 3.05) is 19.6 Å². The minimum Gasteiger partial charge on any atom is -0.356 e. The average Bonchev–Trinajstić information content (AvgIpc) is 2.87. The lowest BCUT2D eigenvalue weighted by atomic mass is 10.1. The van der Waals surface area contributed by atoms with E-state index in [0.717, 1.165) is 4.88 Å². The highest BCUT2D eigenvalue weighted by atomic mass is 32.2. The summed E-state index contributed by atoms with van der Waals surface area (Å²) in [7, 11) is -3.44. The maximum absolute atomic E-state index is 12.0. The molecule has 1 aromatic heterocycles. The van der Waals surface area contributed by atoms with Gasteiger partial charge in [0.05, 0.1) is 0 Å². The summed E-state index contributed by atoms with van der Waals surface area (Å²) in [6.07, 6.45) is 1.75. The van der Waals surface area contributed by atoms with E-state index in [9.17, 15) is 13.2 Å². The molecule has 0 saturated carbocycles. The highest BCUT2D eigenvalue weighted by Crippen LogP contribution is 2.21. The van der Waals surface area contributed by atoms with Crippen molar-refractivity contribution in [2.45, 2.75) is 37.3 Å². The van der Waals surface area contributed by atoms with Gasteiger partial charge in [-0.2, -0.15) is 0 Å². The van der Waals surface area contributed by atoms with Gasteiger partial charge in [-0.05, 0) is 37.4 Å². The molecule has 22 heavy (non-hydrogen) atoms. The molecule has 1 amide bonds. The van der Waals surface area contributed by atoms with Gasteiger partial charge in [0.25, 0.3) is 0 Å². The van der Waals surface area contributed by atoms with Gasteiger partial charge in [-0.25, -0.2) is 13.1 Å². The molecule has 1 heterocycles. The van der Waals surface area contributed by atoms with Gasteiger partial charge in [-0.15, -0.1) is 11.3 Å². The van der Waals surface area contributed by atoms with Crippen molar-refractivity contribution in [1.29, 1.82) is 0 Å². The van der Waals surface area contributed by atoms with E-state index in [1.165, 1.54) is 11.3 Å². The van der Waals surface area contributed by atoms with E-state index in [1.807, 2.05) is 13.8 Å². The first-order chi connectivity index (χ1) is 10.3. The Morgan fingerprint density at radius 2 is 2.05 bits per heavy atom. The van der Waals surface area contributed by atoms with Crippen molar-refractivity contribution in [1.82, 2.24) is 10.0 Å². The highest BCUT2D eigenvalue weighted by Gasteiger charge is 2.16. The van der Waals surface area contributed by atoms with Crippen LogP contribution in [0.15, 0.2) is 16.3 Å². The molecule has 0 radical (unpaired) electrons. The van der Waals surface area contributed by atoms with Crippen LogP contribution < -0.4 is 15.8 Å². The number of hydrogen-bond donors (Lipinski definition) is 3. The number of nitrogens with one attached hydrogen (secondary N) is 2. The first-order valence-corrected chi connectivity index (χ1v) is 9.70. The molecule has 0 atom stereocenters. The number of carbonyl (C=O) groups excluding carboxylic acids is 1. The number of thiophene rings is 1. The van der Waals surface area contributed by atoms with Crippen molar-refractivity contribution in [3.63, 3.8) is 0 Å². The lowest BCUT2D eigenvalue weighted by molar-refractivity contribution is -0.121. The zero-order valence-corrected chi connectivity index (χ0v) is 14.7. The molecule has 8 heteroatoms. The Bertz CT molecular complexity index is 568. The minimum absolute atomic E-state index is 0.0304. The van der Waals surface area contributed by atoms with Gasteiger partial charge >= 0.3 is 0 Å². The summed E-state index contributed by atoms with van der Waals surface area (Å²) in [5, 5.41) is 2.84. The second-order valence-corrected chi connectivity index (χ2v) is 8.62. The smallest absolute Gasteiger partial charge is 0.250 e. The lowest BCUT2D eigenvalue weighted by Crippen LogP contribution is -2.26. The fraction of sp³-hybridized carbons (Fsp3) is 0.643. The number of hydrogen-bond acceptors (Lipinski definition) is 5. The van der Waals surface area contributed by atoms with Crippen molar-refractivity contribution >= 4 is 27.3 Å². The van der Waals surface area contributed by atoms with Gasteiger partial charge < -0.3 is 11.1 Å². The van der Waals surface area contributed by atoms with Crippen LogP contribution in [0.1, 0.15) is 31.6 Å². The topological polar surface area (TPSA) is 101 Å². The van der Waals surface area contributed by atoms with Crippen LogP contribution in [0.4, 0.5) is 0 Å². The Morgan fingerprint density at radius 3 is 2.68 bits per heavy atom. The molecule has 126 valence electrons. The number of nitrogens with two attached hydrogens (primary N) is 1. The third kappa shape index (κ3) is 6.87. The summed E-state index contributed by atoms with van der Waals surface area (Å²) in [6.45, 7) is 5.30. The third-order valence-electron chi connectivity index (χ3n) is 2.86. The summed E-state index contributed by atoms with van der Waals surface area (Å²) < 4.78 is 26.8. The Hall–Kier alpha value is -0.960. The number of amides is 1. The molecule has 0 spiro atoms. The molecule has 0 fully saturated rings. The monoisotopic (exact) mass is 347 g/mol. The van der Waals surface area contributed by atoms with E-state index >= 15 is 0 Å². The first kappa shape index (κ1) is 19.1. The van der Waals surface area contributed by atoms with E-state index in [0.29, 0.717) is 49.0 Å². The Labute approximate surface area is 136 Å². The number of rotatable bonds is 10. The molecule has 0 unspecified atom stereocenters. The fourth-order valence-corrected chi connectivity index (χ4v) is 4.26. The molecule has 1 aromatic rings. The molecule has 0 aliphatic carbocycles. The van der Waals surface area contributed by atoms with E-state index in [1.54, 1.807) is 12.1 Å². The summed E-state index contributed by atoms with van der Waals surface area (Å²) >= 11 is 1.23. The zero-order valence-electron chi connectivity index (χ0n) is 13.1.